The Balaban J connectivity index is 1.59. The van der Waals surface area contributed by atoms with Crippen LogP contribution in [0.4, 0.5) is 16.4 Å². The van der Waals surface area contributed by atoms with Crippen LogP contribution in [0.15, 0.2) is 59.0 Å². The third-order valence-corrected chi connectivity index (χ3v) is 3.27. The van der Waals surface area contributed by atoms with Gasteiger partial charge in [0.25, 0.3) is 11.6 Å². The van der Waals surface area contributed by atoms with E-state index >= 15 is 0 Å². The zero-order valence-electron chi connectivity index (χ0n) is 12.7. The Bertz CT molecular complexity index is 933. The number of benzene rings is 2. The van der Waals surface area contributed by atoms with Gasteiger partial charge in [0.1, 0.15) is 5.58 Å². The normalized spacial score (nSPS) is 10.2. The number of furan rings is 1. The lowest BCUT2D eigenvalue weighted by atomic mass is 10.2. The Labute approximate surface area is 140 Å². The van der Waals surface area contributed by atoms with Gasteiger partial charge in [0.05, 0.1) is 4.92 Å². The molecule has 0 saturated carbocycles. The molecule has 0 saturated heterocycles. The number of carbonyl (C=O) groups is 2. The van der Waals surface area contributed by atoms with Gasteiger partial charge in [0.15, 0.2) is 0 Å². The van der Waals surface area contributed by atoms with Crippen LogP contribution in [-0.4, -0.2) is 16.9 Å². The molecule has 3 N–H and O–H groups in total. The van der Waals surface area contributed by atoms with Gasteiger partial charge < -0.3 is 4.42 Å². The number of fused-ring (bicyclic) bond motifs is 1. The highest BCUT2D eigenvalue weighted by Gasteiger charge is 2.13. The van der Waals surface area contributed by atoms with Crippen LogP contribution in [0.5, 0.6) is 0 Å². The van der Waals surface area contributed by atoms with Crippen LogP contribution in [0.3, 0.4) is 0 Å². The lowest BCUT2D eigenvalue weighted by Gasteiger charge is -2.07. The highest BCUT2D eigenvalue weighted by molar-refractivity contribution is 5.97. The fraction of sp³-hybridized carbons (Fsp3) is 0. The third kappa shape index (κ3) is 3.72. The Hall–Kier alpha value is -3.88. The predicted octanol–water partition coefficient (Wildman–Crippen LogP) is 2.81. The zero-order chi connectivity index (χ0) is 17.8. The maximum atomic E-state index is 11.9. The molecule has 0 fully saturated rings. The van der Waals surface area contributed by atoms with Crippen molar-refractivity contribution in [1.82, 2.24) is 10.9 Å². The summed E-state index contributed by atoms with van der Waals surface area (Å²) >= 11 is 0. The van der Waals surface area contributed by atoms with Crippen LogP contribution in [0.1, 0.15) is 10.4 Å². The minimum absolute atomic E-state index is 0.0400. The van der Waals surface area contributed by atoms with Crippen LogP contribution in [0.2, 0.25) is 0 Å². The molecule has 0 aliphatic rings. The van der Waals surface area contributed by atoms with E-state index in [0.717, 1.165) is 11.5 Å². The number of nitro groups is 1. The highest BCUT2D eigenvalue weighted by Crippen LogP contribution is 2.22. The van der Waals surface area contributed by atoms with E-state index in [-0.39, 0.29) is 17.1 Å². The highest BCUT2D eigenvalue weighted by atomic mass is 16.6. The summed E-state index contributed by atoms with van der Waals surface area (Å²) in [6, 6.07) is 13.3. The first-order chi connectivity index (χ1) is 12.0. The van der Waals surface area contributed by atoms with E-state index in [1.807, 2.05) is 12.1 Å². The summed E-state index contributed by atoms with van der Waals surface area (Å²) in [5.41, 5.74) is 4.72. The number of anilines is 1. The first-order valence-corrected chi connectivity index (χ1v) is 7.13. The fourth-order valence-electron chi connectivity index (χ4n) is 2.13. The van der Waals surface area contributed by atoms with E-state index in [9.17, 15) is 19.7 Å². The number of nitrogens with zero attached hydrogens (tertiary/aromatic N) is 1. The van der Waals surface area contributed by atoms with Crippen molar-refractivity contribution in [1.29, 1.82) is 0 Å². The largest absolute Gasteiger partial charge is 0.440 e. The number of amides is 3. The number of rotatable bonds is 3. The van der Waals surface area contributed by atoms with E-state index in [0.29, 0.717) is 5.58 Å². The van der Waals surface area contributed by atoms with Gasteiger partial charge in [-0.15, -0.1) is 0 Å². The van der Waals surface area contributed by atoms with E-state index < -0.39 is 16.9 Å². The number of hydrogen-bond donors (Lipinski definition) is 3. The maximum absolute atomic E-state index is 11.9. The summed E-state index contributed by atoms with van der Waals surface area (Å²) in [4.78, 5) is 33.8. The number of nitro benzene ring substituents is 1. The third-order valence-electron chi connectivity index (χ3n) is 3.27. The van der Waals surface area contributed by atoms with Gasteiger partial charge in [-0.05, 0) is 12.1 Å². The van der Waals surface area contributed by atoms with Crippen LogP contribution < -0.4 is 16.2 Å². The average molecular weight is 340 g/mol. The van der Waals surface area contributed by atoms with Crippen molar-refractivity contribution in [3.63, 3.8) is 0 Å². The lowest BCUT2D eigenvalue weighted by Crippen LogP contribution is -2.43. The second kappa shape index (κ2) is 6.71. The van der Waals surface area contributed by atoms with Crippen molar-refractivity contribution in [2.45, 2.75) is 0 Å². The number of para-hydroxylation sites is 1. The topological polar surface area (TPSA) is 127 Å². The molecule has 0 radical (unpaired) electrons. The molecule has 0 atom stereocenters. The molecule has 0 spiro atoms. The molecule has 9 nitrogen and oxygen atoms in total. The Kier molecular flexibility index (Phi) is 4.29. The molecule has 0 bridgehead atoms. The molecule has 0 aliphatic heterocycles. The monoisotopic (exact) mass is 340 g/mol. The zero-order valence-corrected chi connectivity index (χ0v) is 12.7. The maximum Gasteiger partial charge on any atom is 0.340 e. The standard InChI is InChI=1S/C16H12N4O5/c21-15(11-5-3-6-12(8-11)20(23)24)18-19-16(22)17-14-9-10-4-1-2-7-13(10)25-14/h1-9H,(H,18,21)(H2,17,19,22). The smallest absolute Gasteiger partial charge is 0.340 e. The molecule has 1 aromatic heterocycles. The van der Waals surface area contributed by atoms with Gasteiger partial charge in [-0.3, -0.25) is 25.7 Å². The summed E-state index contributed by atoms with van der Waals surface area (Å²) in [6.45, 7) is 0. The van der Waals surface area contributed by atoms with Gasteiger partial charge >= 0.3 is 6.03 Å². The molecule has 2 aromatic carbocycles. The SMILES string of the molecule is O=C(NNC(=O)c1cccc([N+](=O)[O-])c1)Nc1cc2ccccc2o1. The first-order valence-electron chi connectivity index (χ1n) is 7.13. The van der Waals surface area contributed by atoms with Crippen LogP contribution in [0, 0.1) is 10.1 Å². The van der Waals surface area contributed by atoms with Gasteiger partial charge in [0.2, 0.25) is 5.88 Å². The minimum Gasteiger partial charge on any atom is -0.440 e. The molecular formula is C16H12N4O5. The van der Waals surface area contributed by atoms with E-state index in [1.54, 1.807) is 18.2 Å². The van der Waals surface area contributed by atoms with Crippen LogP contribution in [0.25, 0.3) is 11.0 Å². The van der Waals surface area contributed by atoms with Crippen molar-refractivity contribution in [3.05, 3.63) is 70.3 Å². The average Bonchev–Trinajstić information content (AvgIpc) is 3.01. The predicted molar refractivity (Wildman–Crippen MR) is 88.9 cm³/mol. The van der Waals surface area contributed by atoms with Crippen molar-refractivity contribution < 1.29 is 18.9 Å². The molecule has 3 amide bonds. The first kappa shape index (κ1) is 16.0. The van der Waals surface area contributed by atoms with E-state index in [2.05, 4.69) is 16.2 Å². The second-order valence-electron chi connectivity index (χ2n) is 4.99. The number of non-ortho nitro benzene ring substituents is 1. The van der Waals surface area contributed by atoms with Gasteiger partial charge in [-0.25, -0.2) is 10.2 Å². The number of carbonyl (C=O) groups excluding carboxylic acids is 2. The minimum atomic E-state index is -0.724. The molecule has 0 unspecified atom stereocenters. The van der Waals surface area contributed by atoms with Gasteiger partial charge in [-0.2, -0.15) is 0 Å². The second-order valence-corrected chi connectivity index (χ2v) is 4.99. The Morgan fingerprint density at radius 3 is 2.56 bits per heavy atom. The summed E-state index contributed by atoms with van der Waals surface area (Å²) in [7, 11) is 0. The van der Waals surface area contributed by atoms with Crippen molar-refractivity contribution >= 4 is 34.5 Å². The lowest BCUT2D eigenvalue weighted by molar-refractivity contribution is -0.384. The van der Waals surface area contributed by atoms with Crippen LogP contribution in [-0.2, 0) is 0 Å². The molecule has 1 heterocycles. The molecule has 3 rings (SSSR count). The number of hydrazine groups is 1. The van der Waals surface area contributed by atoms with Crippen molar-refractivity contribution in [2.24, 2.45) is 0 Å². The number of hydrogen-bond acceptors (Lipinski definition) is 5. The van der Waals surface area contributed by atoms with E-state index in [4.69, 9.17) is 4.42 Å². The molecule has 25 heavy (non-hydrogen) atoms. The molecule has 0 aliphatic carbocycles. The van der Waals surface area contributed by atoms with Crippen molar-refractivity contribution in [2.75, 3.05) is 5.32 Å². The number of urea groups is 1. The summed E-state index contributed by atoms with van der Waals surface area (Å²) in [5, 5.41) is 13.9. The van der Waals surface area contributed by atoms with Crippen molar-refractivity contribution in [3.8, 4) is 0 Å². The molecular weight excluding hydrogens is 328 g/mol. The molecule has 126 valence electrons. The fourth-order valence-corrected chi connectivity index (χ4v) is 2.13. The summed E-state index contributed by atoms with van der Waals surface area (Å²) < 4.78 is 5.41. The summed E-state index contributed by atoms with van der Waals surface area (Å²) in [5.74, 6) is -0.480. The Morgan fingerprint density at radius 1 is 1.00 bits per heavy atom. The van der Waals surface area contributed by atoms with Crippen LogP contribution >= 0.6 is 0 Å². The summed E-state index contributed by atoms with van der Waals surface area (Å²) in [6.07, 6.45) is 0. The van der Waals surface area contributed by atoms with Gasteiger partial charge in [0, 0.05) is 29.1 Å². The molecule has 9 heteroatoms. The molecule has 3 aromatic rings. The number of nitrogens with one attached hydrogen (secondary N) is 3. The van der Waals surface area contributed by atoms with E-state index in [1.165, 1.54) is 18.2 Å². The van der Waals surface area contributed by atoms with Gasteiger partial charge in [-0.1, -0.05) is 24.3 Å². The quantitative estimate of drug-likeness (QED) is 0.499. The Morgan fingerprint density at radius 2 is 1.80 bits per heavy atom.